The molecule has 3 heterocycles. The lowest BCUT2D eigenvalue weighted by Gasteiger charge is -2.48. The molecule has 1 atom stereocenters. The van der Waals surface area contributed by atoms with Crippen molar-refractivity contribution in [3.63, 3.8) is 0 Å². The van der Waals surface area contributed by atoms with E-state index in [2.05, 4.69) is 4.98 Å². The molecule has 0 radical (unpaired) electrons. The molecule has 27 heavy (non-hydrogen) atoms. The van der Waals surface area contributed by atoms with Crippen molar-refractivity contribution < 1.29 is 19.4 Å². The van der Waals surface area contributed by atoms with Crippen molar-refractivity contribution in [3.05, 3.63) is 36.0 Å². The second-order valence-corrected chi connectivity index (χ2v) is 7.97. The molecule has 2 aliphatic heterocycles. The van der Waals surface area contributed by atoms with E-state index in [1.807, 2.05) is 36.1 Å². The predicted molar refractivity (Wildman–Crippen MR) is 102 cm³/mol. The highest BCUT2D eigenvalue weighted by Crippen LogP contribution is 2.39. The third kappa shape index (κ3) is 3.51. The van der Waals surface area contributed by atoms with Crippen molar-refractivity contribution in [2.24, 2.45) is 0 Å². The van der Waals surface area contributed by atoms with Crippen LogP contribution >= 0.6 is 0 Å². The largest absolute Gasteiger partial charge is 0.496 e. The van der Waals surface area contributed by atoms with Crippen LogP contribution in [0.25, 0.3) is 10.9 Å². The number of ether oxygens (including phenoxy) is 2. The number of amides is 1. The van der Waals surface area contributed by atoms with Gasteiger partial charge in [-0.05, 0) is 38.3 Å². The summed E-state index contributed by atoms with van der Waals surface area (Å²) in [6.45, 7) is 3.65. The summed E-state index contributed by atoms with van der Waals surface area (Å²) in [5, 5.41) is 11.3. The Balaban J connectivity index is 1.52. The van der Waals surface area contributed by atoms with E-state index in [1.54, 1.807) is 13.2 Å². The summed E-state index contributed by atoms with van der Waals surface area (Å²) in [7, 11) is 1.60. The zero-order chi connectivity index (χ0) is 19.1. The highest BCUT2D eigenvalue weighted by atomic mass is 16.5. The molecule has 0 bridgehead atoms. The van der Waals surface area contributed by atoms with Crippen molar-refractivity contribution in [1.29, 1.82) is 0 Å². The van der Waals surface area contributed by atoms with Gasteiger partial charge in [0.2, 0.25) is 0 Å². The van der Waals surface area contributed by atoms with Crippen molar-refractivity contribution in [1.82, 2.24) is 9.88 Å². The Morgan fingerprint density at radius 2 is 2.00 bits per heavy atom. The van der Waals surface area contributed by atoms with E-state index in [1.165, 1.54) is 0 Å². The maximum absolute atomic E-state index is 13.0. The third-order valence-corrected chi connectivity index (χ3v) is 5.83. The van der Waals surface area contributed by atoms with Gasteiger partial charge >= 0.3 is 0 Å². The Morgan fingerprint density at radius 1 is 1.26 bits per heavy atom. The number of piperidine rings is 1. The quantitative estimate of drug-likeness (QED) is 0.880. The molecule has 2 fully saturated rings. The lowest BCUT2D eigenvalue weighted by Crippen LogP contribution is -2.54. The van der Waals surface area contributed by atoms with Crippen LogP contribution in [0.3, 0.4) is 0 Å². The molecule has 4 rings (SSSR count). The first-order valence-corrected chi connectivity index (χ1v) is 9.51. The molecule has 0 saturated carbocycles. The number of methoxy groups -OCH3 is 1. The Kier molecular flexibility index (Phi) is 4.56. The SMILES string of the molecule is COc1cc(C(=O)N2CCC3(CC2)CC(C)(O)CCO3)nc2ccccc12. The number of aliphatic hydroxyl groups is 1. The molecular weight excluding hydrogens is 344 g/mol. The predicted octanol–water partition coefficient (Wildman–Crippen LogP) is 2.78. The van der Waals surface area contributed by atoms with Gasteiger partial charge in [-0.15, -0.1) is 0 Å². The molecule has 1 unspecified atom stereocenters. The Bertz CT molecular complexity index is 856. The van der Waals surface area contributed by atoms with E-state index >= 15 is 0 Å². The van der Waals surface area contributed by atoms with Crippen LogP contribution in [0.4, 0.5) is 0 Å². The van der Waals surface area contributed by atoms with E-state index in [0.29, 0.717) is 44.0 Å². The molecule has 1 aromatic heterocycles. The molecule has 0 aliphatic carbocycles. The number of carbonyl (C=O) groups excluding carboxylic acids is 1. The topological polar surface area (TPSA) is 71.9 Å². The molecule has 1 aromatic carbocycles. The van der Waals surface area contributed by atoms with Gasteiger partial charge in [-0.1, -0.05) is 12.1 Å². The minimum absolute atomic E-state index is 0.0866. The number of carbonyl (C=O) groups is 1. The van der Waals surface area contributed by atoms with E-state index in [9.17, 15) is 9.90 Å². The maximum Gasteiger partial charge on any atom is 0.272 e. The van der Waals surface area contributed by atoms with Gasteiger partial charge in [0.1, 0.15) is 11.4 Å². The summed E-state index contributed by atoms with van der Waals surface area (Å²) in [6, 6.07) is 9.37. The number of likely N-dealkylation sites (tertiary alicyclic amines) is 1. The van der Waals surface area contributed by atoms with Gasteiger partial charge in [0.15, 0.2) is 0 Å². The van der Waals surface area contributed by atoms with Crippen molar-refractivity contribution in [3.8, 4) is 5.75 Å². The zero-order valence-corrected chi connectivity index (χ0v) is 15.9. The first-order chi connectivity index (χ1) is 12.9. The third-order valence-electron chi connectivity index (χ3n) is 5.83. The molecule has 6 heteroatoms. The average molecular weight is 370 g/mol. The van der Waals surface area contributed by atoms with Crippen LogP contribution in [0.1, 0.15) is 43.1 Å². The second kappa shape index (κ2) is 6.77. The smallest absolute Gasteiger partial charge is 0.272 e. The van der Waals surface area contributed by atoms with Gasteiger partial charge in [0.05, 0.1) is 30.4 Å². The lowest BCUT2D eigenvalue weighted by molar-refractivity contribution is -0.170. The Morgan fingerprint density at radius 3 is 2.70 bits per heavy atom. The number of pyridine rings is 1. The second-order valence-electron chi connectivity index (χ2n) is 7.97. The maximum atomic E-state index is 13.0. The number of para-hydroxylation sites is 1. The molecular formula is C21H26N2O4. The molecule has 6 nitrogen and oxygen atoms in total. The highest BCUT2D eigenvalue weighted by molar-refractivity contribution is 5.97. The zero-order valence-electron chi connectivity index (χ0n) is 15.9. The summed E-state index contributed by atoms with van der Waals surface area (Å²) in [5.74, 6) is 0.570. The number of nitrogens with zero attached hydrogens (tertiary/aromatic N) is 2. The number of benzene rings is 1. The fourth-order valence-corrected chi connectivity index (χ4v) is 4.34. The van der Waals surface area contributed by atoms with Gasteiger partial charge in [-0.2, -0.15) is 0 Å². The van der Waals surface area contributed by atoms with Crippen molar-refractivity contribution >= 4 is 16.8 Å². The van der Waals surface area contributed by atoms with E-state index in [0.717, 1.165) is 23.7 Å². The number of fused-ring (bicyclic) bond motifs is 1. The summed E-state index contributed by atoms with van der Waals surface area (Å²) < 4.78 is 11.5. The van der Waals surface area contributed by atoms with Crippen LogP contribution < -0.4 is 4.74 Å². The average Bonchev–Trinajstić information content (AvgIpc) is 2.66. The van der Waals surface area contributed by atoms with Gasteiger partial charge in [-0.25, -0.2) is 4.98 Å². The standard InChI is InChI=1S/C21H26N2O4/c1-20(25)9-12-27-21(14-20)7-10-23(11-8-21)19(24)17-13-18(26-2)15-5-3-4-6-16(15)22-17/h3-6,13,25H,7-12,14H2,1-2H3. The van der Waals surface area contributed by atoms with E-state index in [-0.39, 0.29) is 11.5 Å². The van der Waals surface area contributed by atoms with Crippen LogP contribution in [0, 0.1) is 0 Å². The monoisotopic (exact) mass is 370 g/mol. The molecule has 1 N–H and O–H groups in total. The fraction of sp³-hybridized carbons (Fsp3) is 0.524. The Hall–Kier alpha value is -2.18. The minimum atomic E-state index is -0.683. The van der Waals surface area contributed by atoms with Crippen molar-refractivity contribution in [2.45, 2.75) is 43.8 Å². The van der Waals surface area contributed by atoms with E-state index < -0.39 is 5.60 Å². The molecule has 2 aliphatic rings. The van der Waals surface area contributed by atoms with Gasteiger partial charge in [0, 0.05) is 31.0 Å². The first-order valence-electron chi connectivity index (χ1n) is 9.51. The van der Waals surface area contributed by atoms with Crippen LogP contribution in [0.15, 0.2) is 30.3 Å². The van der Waals surface area contributed by atoms with Gasteiger partial charge in [-0.3, -0.25) is 4.79 Å². The summed E-state index contributed by atoms with van der Waals surface area (Å²) >= 11 is 0. The number of hydrogen-bond acceptors (Lipinski definition) is 5. The normalized spacial score (nSPS) is 24.9. The molecule has 2 aromatic rings. The van der Waals surface area contributed by atoms with E-state index in [4.69, 9.17) is 9.47 Å². The number of hydrogen-bond donors (Lipinski definition) is 1. The summed E-state index contributed by atoms with van der Waals surface area (Å²) in [4.78, 5) is 19.4. The molecule has 144 valence electrons. The molecule has 1 spiro atoms. The molecule has 1 amide bonds. The van der Waals surface area contributed by atoms with Crippen LogP contribution in [0.2, 0.25) is 0 Å². The summed E-state index contributed by atoms with van der Waals surface area (Å²) in [6.07, 6.45) is 2.77. The van der Waals surface area contributed by atoms with Crippen LogP contribution in [-0.4, -0.2) is 58.9 Å². The number of aromatic nitrogens is 1. The molecule has 2 saturated heterocycles. The lowest BCUT2D eigenvalue weighted by atomic mass is 9.78. The van der Waals surface area contributed by atoms with Gasteiger partial charge < -0.3 is 19.5 Å². The first kappa shape index (κ1) is 18.2. The highest BCUT2D eigenvalue weighted by Gasteiger charge is 2.45. The van der Waals surface area contributed by atoms with Gasteiger partial charge in [0.25, 0.3) is 5.91 Å². The van der Waals surface area contributed by atoms with Crippen LogP contribution in [-0.2, 0) is 4.74 Å². The number of rotatable bonds is 2. The minimum Gasteiger partial charge on any atom is -0.496 e. The fourth-order valence-electron chi connectivity index (χ4n) is 4.34. The van der Waals surface area contributed by atoms with Crippen molar-refractivity contribution in [2.75, 3.05) is 26.8 Å². The Labute approximate surface area is 159 Å². The summed E-state index contributed by atoms with van der Waals surface area (Å²) in [5.41, 5.74) is 0.156. The van der Waals surface area contributed by atoms with Crippen LogP contribution in [0.5, 0.6) is 5.75 Å².